The van der Waals surface area contributed by atoms with E-state index in [0.29, 0.717) is 24.4 Å². The highest BCUT2D eigenvalue weighted by Gasteiger charge is 2.10. The van der Waals surface area contributed by atoms with Gasteiger partial charge in [-0.3, -0.25) is 4.68 Å². The molecule has 0 radical (unpaired) electrons. The molecular formula is C12H18N6O. The number of anilines is 1. The van der Waals surface area contributed by atoms with Crippen LogP contribution in [-0.2, 0) is 6.54 Å². The molecule has 2 heterocycles. The minimum Gasteiger partial charge on any atom is -0.463 e. The SMILES string of the molecule is CCCOc1nc(NC)nc(-c2cnn(CC)c2)n1. The minimum atomic E-state index is 0.334. The van der Waals surface area contributed by atoms with E-state index in [2.05, 4.69) is 25.4 Å². The van der Waals surface area contributed by atoms with Gasteiger partial charge in [-0.1, -0.05) is 6.92 Å². The van der Waals surface area contributed by atoms with E-state index in [1.165, 1.54) is 0 Å². The van der Waals surface area contributed by atoms with Gasteiger partial charge < -0.3 is 10.1 Å². The van der Waals surface area contributed by atoms with E-state index >= 15 is 0 Å². The lowest BCUT2D eigenvalue weighted by Gasteiger charge is -2.06. The molecule has 0 spiro atoms. The van der Waals surface area contributed by atoms with Crippen molar-refractivity contribution in [3.8, 4) is 17.4 Å². The van der Waals surface area contributed by atoms with Crippen molar-refractivity contribution in [2.45, 2.75) is 26.8 Å². The zero-order valence-corrected chi connectivity index (χ0v) is 11.4. The number of nitrogens with one attached hydrogen (secondary N) is 1. The summed E-state index contributed by atoms with van der Waals surface area (Å²) in [4.78, 5) is 12.8. The molecule has 0 saturated heterocycles. The molecule has 7 heteroatoms. The summed E-state index contributed by atoms with van der Waals surface area (Å²) < 4.78 is 7.29. The van der Waals surface area contributed by atoms with Crippen LogP contribution in [0.5, 0.6) is 6.01 Å². The quantitative estimate of drug-likeness (QED) is 0.851. The van der Waals surface area contributed by atoms with Gasteiger partial charge in [0.05, 0.1) is 18.4 Å². The second-order valence-electron chi connectivity index (χ2n) is 3.95. The van der Waals surface area contributed by atoms with E-state index in [-0.39, 0.29) is 0 Å². The molecule has 0 fully saturated rings. The number of hydrogen-bond acceptors (Lipinski definition) is 6. The van der Waals surface area contributed by atoms with Crippen molar-refractivity contribution < 1.29 is 4.74 Å². The molecule has 7 nitrogen and oxygen atoms in total. The average molecular weight is 262 g/mol. The first kappa shape index (κ1) is 13.3. The molecule has 1 N–H and O–H groups in total. The second kappa shape index (κ2) is 6.12. The molecule has 2 aromatic rings. The Bertz CT molecular complexity index is 539. The van der Waals surface area contributed by atoms with E-state index in [4.69, 9.17) is 4.74 Å². The molecule has 2 rings (SSSR count). The molecular weight excluding hydrogens is 244 g/mol. The van der Waals surface area contributed by atoms with E-state index < -0.39 is 0 Å². The molecule has 0 unspecified atom stereocenters. The normalized spacial score (nSPS) is 10.5. The molecule has 19 heavy (non-hydrogen) atoms. The Morgan fingerprint density at radius 3 is 2.74 bits per heavy atom. The van der Waals surface area contributed by atoms with Gasteiger partial charge in [0.1, 0.15) is 0 Å². The van der Waals surface area contributed by atoms with Crippen molar-refractivity contribution in [3.63, 3.8) is 0 Å². The Labute approximate surface area is 112 Å². The van der Waals surface area contributed by atoms with Crippen LogP contribution >= 0.6 is 0 Å². The van der Waals surface area contributed by atoms with Gasteiger partial charge in [-0.25, -0.2) is 0 Å². The highest BCUT2D eigenvalue weighted by atomic mass is 16.5. The Balaban J connectivity index is 2.32. The van der Waals surface area contributed by atoms with Crippen LogP contribution in [0.15, 0.2) is 12.4 Å². The fraction of sp³-hybridized carbons (Fsp3) is 0.500. The van der Waals surface area contributed by atoms with Crippen LogP contribution in [0.3, 0.4) is 0 Å². The van der Waals surface area contributed by atoms with Gasteiger partial charge in [0.2, 0.25) is 5.95 Å². The first-order chi connectivity index (χ1) is 9.26. The highest BCUT2D eigenvalue weighted by Crippen LogP contribution is 2.18. The maximum atomic E-state index is 5.46. The van der Waals surface area contributed by atoms with Crippen LogP contribution < -0.4 is 10.1 Å². The fourth-order valence-corrected chi connectivity index (χ4v) is 1.51. The summed E-state index contributed by atoms with van der Waals surface area (Å²) in [5, 5.41) is 7.12. The first-order valence-electron chi connectivity index (χ1n) is 6.36. The van der Waals surface area contributed by atoms with Gasteiger partial charge in [-0.2, -0.15) is 20.1 Å². The monoisotopic (exact) mass is 262 g/mol. The molecule has 0 aliphatic rings. The van der Waals surface area contributed by atoms with Crippen LogP contribution in [-0.4, -0.2) is 38.4 Å². The first-order valence-corrected chi connectivity index (χ1v) is 6.36. The van der Waals surface area contributed by atoms with Gasteiger partial charge in [0, 0.05) is 19.8 Å². The van der Waals surface area contributed by atoms with Crippen molar-refractivity contribution in [1.82, 2.24) is 24.7 Å². The molecule has 0 bridgehead atoms. The summed E-state index contributed by atoms with van der Waals surface area (Å²) in [6.45, 7) is 5.45. The minimum absolute atomic E-state index is 0.334. The van der Waals surface area contributed by atoms with Gasteiger partial charge in [0.25, 0.3) is 0 Å². The van der Waals surface area contributed by atoms with Gasteiger partial charge in [-0.05, 0) is 13.3 Å². The standard InChI is InChI=1S/C12H18N6O/c1-4-6-19-12-16-10(15-11(13-3)17-12)9-7-14-18(5-2)8-9/h7-8H,4-6H2,1-3H3,(H,13,15,16,17). The summed E-state index contributed by atoms with van der Waals surface area (Å²) >= 11 is 0. The van der Waals surface area contributed by atoms with Crippen LogP contribution in [0.2, 0.25) is 0 Å². The predicted molar refractivity (Wildman–Crippen MR) is 72.1 cm³/mol. The third kappa shape index (κ3) is 3.18. The van der Waals surface area contributed by atoms with Crippen molar-refractivity contribution in [2.75, 3.05) is 19.0 Å². The Kier molecular flexibility index (Phi) is 4.27. The molecule has 2 aromatic heterocycles. The molecule has 0 aliphatic heterocycles. The number of ether oxygens (including phenoxy) is 1. The second-order valence-corrected chi connectivity index (χ2v) is 3.95. The topological polar surface area (TPSA) is 77.8 Å². The Morgan fingerprint density at radius 2 is 2.11 bits per heavy atom. The van der Waals surface area contributed by atoms with Crippen molar-refractivity contribution >= 4 is 5.95 Å². The predicted octanol–water partition coefficient (Wildman–Crippen LogP) is 1.59. The van der Waals surface area contributed by atoms with E-state index in [1.54, 1.807) is 13.2 Å². The summed E-state index contributed by atoms with van der Waals surface area (Å²) in [6, 6.07) is 0.334. The van der Waals surface area contributed by atoms with E-state index in [0.717, 1.165) is 18.5 Å². The molecule has 0 atom stereocenters. The highest BCUT2D eigenvalue weighted by molar-refractivity contribution is 5.54. The largest absolute Gasteiger partial charge is 0.463 e. The fourth-order valence-electron chi connectivity index (χ4n) is 1.51. The van der Waals surface area contributed by atoms with Crippen LogP contribution in [0.4, 0.5) is 5.95 Å². The van der Waals surface area contributed by atoms with Gasteiger partial charge >= 0.3 is 6.01 Å². The van der Waals surface area contributed by atoms with Gasteiger partial charge in [-0.15, -0.1) is 0 Å². The molecule has 0 saturated carbocycles. The zero-order valence-electron chi connectivity index (χ0n) is 11.4. The van der Waals surface area contributed by atoms with E-state index in [9.17, 15) is 0 Å². The number of aromatic nitrogens is 5. The lowest BCUT2D eigenvalue weighted by atomic mass is 10.3. The lowest BCUT2D eigenvalue weighted by Crippen LogP contribution is -2.05. The van der Waals surface area contributed by atoms with Crippen molar-refractivity contribution in [2.24, 2.45) is 0 Å². The number of nitrogens with zero attached hydrogens (tertiary/aromatic N) is 5. The third-order valence-corrected chi connectivity index (χ3v) is 2.49. The maximum absolute atomic E-state index is 5.46. The summed E-state index contributed by atoms with van der Waals surface area (Å²) in [7, 11) is 1.76. The van der Waals surface area contributed by atoms with E-state index in [1.807, 2.05) is 24.7 Å². The number of rotatable bonds is 6. The van der Waals surface area contributed by atoms with Crippen LogP contribution in [0.25, 0.3) is 11.4 Å². The van der Waals surface area contributed by atoms with Crippen LogP contribution in [0, 0.1) is 0 Å². The molecule has 0 amide bonds. The van der Waals surface area contributed by atoms with Crippen molar-refractivity contribution in [3.05, 3.63) is 12.4 Å². The van der Waals surface area contributed by atoms with Crippen LogP contribution in [0.1, 0.15) is 20.3 Å². The lowest BCUT2D eigenvalue weighted by molar-refractivity contribution is 0.292. The smallest absolute Gasteiger partial charge is 0.321 e. The molecule has 102 valence electrons. The number of hydrogen-bond donors (Lipinski definition) is 1. The maximum Gasteiger partial charge on any atom is 0.321 e. The summed E-state index contributed by atoms with van der Waals surface area (Å²) in [5.74, 6) is 1.05. The summed E-state index contributed by atoms with van der Waals surface area (Å²) in [6.07, 6.45) is 4.55. The Hall–Kier alpha value is -2.18. The van der Waals surface area contributed by atoms with Gasteiger partial charge in [0.15, 0.2) is 5.82 Å². The third-order valence-electron chi connectivity index (χ3n) is 2.49. The molecule has 0 aromatic carbocycles. The average Bonchev–Trinajstić information content (AvgIpc) is 2.93. The number of aryl methyl sites for hydroxylation is 1. The Morgan fingerprint density at radius 1 is 1.26 bits per heavy atom. The summed E-state index contributed by atoms with van der Waals surface area (Å²) in [5.41, 5.74) is 0.849. The molecule has 0 aliphatic carbocycles. The zero-order chi connectivity index (χ0) is 13.7. The van der Waals surface area contributed by atoms with Crippen molar-refractivity contribution in [1.29, 1.82) is 0 Å².